The van der Waals surface area contributed by atoms with Crippen LogP contribution in [0, 0.1) is 11.7 Å². The number of hydrogen-bond acceptors (Lipinski definition) is 4. The zero-order chi connectivity index (χ0) is 14.8. The van der Waals surface area contributed by atoms with Crippen molar-refractivity contribution in [2.75, 3.05) is 0 Å². The lowest BCUT2D eigenvalue weighted by Gasteiger charge is -1.97. The topological polar surface area (TPSA) is 74.7 Å². The van der Waals surface area contributed by atoms with Crippen molar-refractivity contribution in [3.05, 3.63) is 51.4 Å². The van der Waals surface area contributed by atoms with E-state index in [2.05, 4.69) is 25.5 Å². The van der Waals surface area contributed by atoms with Gasteiger partial charge in [-0.1, -0.05) is 23.7 Å². The first kappa shape index (κ1) is 13.7. The van der Waals surface area contributed by atoms with Crippen LogP contribution in [0.1, 0.15) is 11.3 Å². The summed E-state index contributed by atoms with van der Waals surface area (Å²) in [5.74, 6) is 0.551. The quantitative estimate of drug-likeness (QED) is 0.575. The van der Waals surface area contributed by atoms with E-state index >= 15 is 0 Å². The first-order valence-electron chi connectivity index (χ1n) is 6.13. The van der Waals surface area contributed by atoms with Gasteiger partial charge in [-0.15, -0.1) is 0 Å². The van der Waals surface area contributed by atoms with Gasteiger partial charge in [0.05, 0.1) is 6.21 Å². The summed E-state index contributed by atoms with van der Waals surface area (Å²) in [4.78, 5) is 0. The lowest BCUT2D eigenvalue weighted by molar-refractivity contribution is 0.865. The van der Waals surface area contributed by atoms with Crippen molar-refractivity contribution < 1.29 is 0 Å². The average molecular weight is 319 g/mol. The minimum Gasteiger partial charge on any atom is -0.282 e. The maximum atomic E-state index is 5.85. The van der Waals surface area contributed by atoms with Crippen LogP contribution in [0.2, 0.25) is 5.02 Å². The Bertz CT molecular complexity index is 842. The number of rotatable bonds is 3. The van der Waals surface area contributed by atoms with Crippen molar-refractivity contribution >= 4 is 30.0 Å². The highest BCUT2D eigenvalue weighted by molar-refractivity contribution is 7.71. The minimum atomic E-state index is 0.399. The largest absolute Gasteiger partial charge is 0.282 e. The second-order valence-corrected chi connectivity index (χ2v) is 5.22. The van der Waals surface area contributed by atoms with E-state index in [0.717, 1.165) is 11.3 Å². The Balaban J connectivity index is 1.97. The molecule has 8 heteroatoms. The van der Waals surface area contributed by atoms with Gasteiger partial charge in [-0.05, 0) is 42.9 Å². The number of nitrogens with one attached hydrogen (secondary N) is 2. The normalized spacial score (nSPS) is 11.3. The van der Waals surface area contributed by atoms with Gasteiger partial charge >= 0.3 is 0 Å². The third-order valence-corrected chi connectivity index (χ3v) is 3.29. The summed E-state index contributed by atoms with van der Waals surface area (Å²) in [6.45, 7) is 1.92. The number of nitrogens with zero attached hydrogens (tertiary/aromatic N) is 4. The molecule has 0 aliphatic carbocycles. The SMILES string of the molecule is Cc1cc(-c2n[nH]c(=S)n2/N=C/c2ccc(Cl)cc2)n[nH]1. The summed E-state index contributed by atoms with van der Waals surface area (Å²) in [5.41, 5.74) is 2.52. The standard InChI is InChI=1S/C13H11ClN6S/c1-8-6-11(17-16-8)12-18-19-13(21)20(12)15-7-9-2-4-10(14)5-3-9/h2-7H,1H3,(H,16,17)(H,19,21)/b15-7+. The molecule has 3 aromatic rings. The van der Waals surface area contributed by atoms with Crippen molar-refractivity contribution in [2.45, 2.75) is 6.92 Å². The van der Waals surface area contributed by atoms with E-state index in [4.69, 9.17) is 23.8 Å². The fourth-order valence-electron chi connectivity index (χ4n) is 1.77. The van der Waals surface area contributed by atoms with E-state index in [1.165, 1.54) is 4.68 Å². The summed E-state index contributed by atoms with van der Waals surface area (Å²) < 4.78 is 1.93. The third kappa shape index (κ3) is 2.93. The Morgan fingerprint density at radius 2 is 2.00 bits per heavy atom. The molecule has 0 fully saturated rings. The van der Waals surface area contributed by atoms with Crippen LogP contribution in [0.4, 0.5) is 0 Å². The van der Waals surface area contributed by atoms with Crippen LogP contribution in [-0.2, 0) is 0 Å². The maximum Gasteiger partial charge on any atom is 0.216 e. The van der Waals surface area contributed by atoms with Crippen LogP contribution in [0.15, 0.2) is 35.4 Å². The van der Waals surface area contributed by atoms with Crippen LogP contribution in [-0.4, -0.2) is 31.3 Å². The summed E-state index contributed by atoms with van der Waals surface area (Å²) in [6, 6.07) is 9.21. The Kier molecular flexibility index (Phi) is 3.68. The van der Waals surface area contributed by atoms with Crippen molar-refractivity contribution in [3.8, 4) is 11.5 Å². The van der Waals surface area contributed by atoms with Gasteiger partial charge in [0, 0.05) is 10.7 Å². The van der Waals surface area contributed by atoms with Gasteiger partial charge in [0.1, 0.15) is 5.69 Å². The molecule has 3 rings (SSSR count). The number of aromatic nitrogens is 5. The Morgan fingerprint density at radius 3 is 2.67 bits per heavy atom. The molecule has 0 atom stereocenters. The lowest BCUT2D eigenvalue weighted by atomic mass is 10.2. The molecule has 0 radical (unpaired) electrons. The van der Waals surface area contributed by atoms with Crippen LogP contribution >= 0.6 is 23.8 Å². The van der Waals surface area contributed by atoms with Crippen LogP contribution < -0.4 is 0 Å². The van der Waals surface area contributed by atoms with Crippen molar-refractivity contribution in [2.24, 2.45) is 5.10 Å². The molecule has 0 unspecified atom stereocenters. The molecule has 2 aromatic heterocycles. The molecule has 0 saturated carbocycles. The Morgan fingerprint density at radius 1 is 1.24 bits per heavy atom. The highest BCUT2D eigenvalue weighted by atomic mass is 35.5. The number of benzene rings is 1. The summed E-state index contributed by atoms with van der Waals surface area (Å²) in [7, 11) is 0. The van der Waals surface area contributed by atoms with Gasteiger partial charge in [0.2, 0.25) is 10.6 Å². The van der Waals surface area contributed by atoms with Gasteiger partial charge in [-0.25, -0.2) is 5.10 Å². The fourth-order valence-corrected chi connectivity index (χ4v) is 2.08. The Labute approximate surface area is 130 Å². The predicted octanol–water partition coefficient (Wildman–Crippen LogP) is 3.17. The first-order valence-corrected chi connectivity index (χ1v) is 6.92. The molecule has 21 heavy (non-hydrogen) atoms. The molecule has 0 aliphatic rings. The molecule has 0 bridgehead atoms. The zero-order valence-electron chi connectivity index (χ0n) is 11.0. The molecular formula is C13H11ClN6S. The summed E-state index contributed by atoms with van der Waals surface area (Å²) in [6.07, 6.45) is 1.69. The fraction of sp³-hybridized carbons (Fsp3) is 0.0769. The van der Waals surface area contributed by atoms with Crippen molar-refractivity contribution in [1.29, 1.82) is 0 Å². The van der Waals surface area contributed by atoms with Gasteiger partial charge < -0.3 is 0 Å². The van der Waals surface area contributed by atoms with E-state index in [-0.39, 0.29) is 0 Å². The molecule has 106 valence electrons. The van der Waals surface area contributed by atoms with Crippen molar-refractivity contribution in [1.82, 2.24) is 25.1 Å². The Hall–Kier alpha value is -2.25. The average Bonchev–Trinajstić information content (AvgIpc) is 3.05. The molecule has 0 spiro atoms. The smallest absolute Gasteiger partial charge is 0.216 e. The molecule has 2 heterocycles. The number of aromatic amines is 2. The second kappa shape index (κ2) is 5.63. The second-order valence-electron chi connectivity index (χ2n) is 4.40. The lowest BCUT2D eigenvalue weighted by Crippen LogP contribution is -1.95. The minimum absolute atomic E-state index is 0.399. The van der Waals surface area contributed by atoms with E-state index in [9.17, 15) is 0 Å². The van der Waals surface area contributed by atoms with E-state index < -0.39 is 0 Å². The molecule has 1 aromatic carbocycles. The number of aryl methyl sites for hydroxylation is 1. The van der Waals surface area contributed by atoms with E-state index in [1.54, 1.807) is 18.3 Å². The van der Waals surface area contributed by atoms with Gasteiger partial charge in [-0.3, -0.25) is 5.10 Å². The van der Waals surface area contributed by atoms with Gasteiger partial charge in [-0.2, -0.15) is 20.0 Å². The highest BCUT2D eigenvalue weighted by Crippen LogP contribution is 2.15. The summed E-state index contributed by atoms with van der Waals surface area (Å²) in [5, 5.41) is 18.9. The third-order valence-electron chi connectivity index (χ3n) is 2.78. The van der Waals surface area contributed by atoms with Gasteiger partial charge in [0.25, 0.3) is 0 Å². The molecule has 0 amide bonds. The number of H-pyrrole nitrogens is 2. The molecule has 2 N–H and O–H groups in total. The number of halogens is 1. The van der Waals surface area contributed by atoms with Crippen LogP contribution in [0.25, 0.3) is 11.5 Å². The van der Waals surface area contributed by atoms with E-state index in [1.807, 2.05) is 25.1 Å². The van der Waals surface area contributed by atoms with Crippen LogP contribution in [0.3, 0.4) is 0 Å². The first-order chi connectivity index (χ1) is 10.1. The predicted molar refractivity (Wildman–Crippen MR) is 84.2 cm³/mol. The molecule has 0 aliphatic heterocycles. The molecular weight excluding hydrogens is 308 g/mol. The van der Waals surface area contributed by atoms with Crippen LogP contribution in [0.5, 0.6) is 0 Å². The maximum absolute atomic E-state index is 5.85. The monoisotopic (exact) mass is 318 g/mol. The molecule has 6 nitrogen and oxygen atoms in total. The van der Waals surface area contributed by atoms with Crippen molar-refractivity contribution in [3.63, 3.8) is 0 Å². The zero-order valence-corrected chi connectivity index (χ0v) is 12.6. The highest BCUT2D eigenvalue weighted by Gasteiger charge is 2.10. The van der Waals surface area contributed by atoms with E-state index in [0.29, 0.717) is 21.3 Å². The summed E-state index contributed by atoms with van der Waals surface area (Å²) >= 11 is 11.0. The molecule has 0 saturated heterocycles. The van der Waals surface area contributed by atoms with Gasteiger partial charge in [0.15, 0.2) is 0 Å². The number of hydrogen-bond donors (Lipinski definition) is 2.